The summed E-state index contributed by atoms with van der Waals surface area (Å²) in [6.45, 7) is 1.97. The van der Waals surface area contributed by atoms with Crippen LogP contribution in [0.25, 0.3) is 0 Å². The second-order valence-electron chi connectivity index (χ2n) is 5.74. The van der Waals surface area contributed by atoms with E-state index in [9.17, 15) is 18.0 Å². The van der Waals surface area contributed by atoms with Crippen molar-refractivity contribution >= 4 is 17.4 Å². The lowest BCUT2D eigenvalue weighted by Gasteiger charge is -2.10. The van der Waals surface area contributed by atoms with Crippen LogP contribution in [0.4, 0.5) is 24.7 Å². The maximum Gasteiger partial charge on any atom is 0.274 e. The van der Waals surface area contributed by atoms with Gasteiger partial charge in [-0.1, -0.05) is 12.1 Å². The lowest BCUT2D eigenvalue weighted by molar-refractivity contribution is 0.102. The van der Waals surface area contributed by atoms with E-state index in [2.05, 4.69) is 20.6 Å². The monoisotopic (exact) mass is 372 g/mol. The average Bonchev–Trinajstić information content (AvgIpc) is 2.63. The Morgan fingerprint density at radius 1 is 0.963 bits per heavy atom. The molecule has 1 aromatic heterocycles. The lowest BCUT2D eigenvalue weighted by atomic mass is 10.2. The van der Waals surface area contributed by atoms with Gasteiger partial charge in [0, 0.05) is 18.7 Å². The van der Waals surface area contributed by atoms with Crippen LogP contribution >= 0.6 is 0 Å². The highest BCUT2D eigenvalue weighted by molar-refractivity contribution is 6.03. The highest BCUT2D eigenvalue weighted by atomic mass is 19.1. The van der Waals surface area contributed by atoms with Crippen LogP contribution in [0, 0.1) is 24.4 Å². The van der Waals surface area contributed by atoms with Gasteiger partial charge in [-0.3, -0.25) is 4.79 Å². The number of rotatable bonds is 5. The molecule has 0 saturated heterocycles. The molecule has 0 saturated carbocycles. The average molecular weight is 372 g/mol. The predicted octanol–water partition coefficient (Wildman–Crippen LogP) is 4.07. The molecule has 3 rings (SSSR count). The van der Waals surface area contributed by atoms with Gasteiger partial charge in [-0.2, -0.15) is 0 Å². The highest BCUT2D eigenvalue weighted by Gasteiger charge is 2.13. The van der Waals surface area contributed by atoms with Crippen LogP contribution in [0.3, 0.4) is 0 Å². The third-order valence-electron chi connectivity index (χ3n) is 3.64. The minimum Gasteiger partial charge on any atom is -0.366 e. The van der Waals surface area contributed by atoms with E-state index < -0.39 is 17.5 Å². The fourth-order valence-electron chi connectivity index (χ4n) is 2.35. The topological polar surface area (TPSA) is 66.9 Å². The summed E-state index contributed by atoms with van der Waals surface area (Å²) in [6.07, 6.45) is 0. The first-order valence-electron chi connectivity index (χ1n) is 8.01. The molecule has 2 aromatic carbocycles. The Kier molecular flexibility index (Phi) is 5.35. The quantitative estimate of drug-likeness (QED) is 0.709. The first kappa shape index (κ1) is 18.4. The summed E-state index contributed by atoms with van der Waals surface area (Å²) < 4.78 is 39.6. The molecule has 5 nitrogen and oxygen atoms in total. The SMILES string of the molecule is Cc1nc(NCc2ccc(F)cc2)cc(C(=O)Nc2ccc(F)cc2F)n1. The van der Waals surface area contributed by atoms with E-state index in [0.717, 1.165) is 17.7 Å². The number of anilines is 2. The number of carbonyl (C=O) groups is 1. The third kappa shape index (κ3) is 4.81. The largest absolute Gasteiger partial charge is 0.366 e. The van der Waals surface area contributed by atoms with E-state index >= 15 is 0 Å². The minimum atomic E-state index is -0.885. The Balaban J connectivity index is 1.73. The zero-order valence-electron chi connectivity index (χ0n) is 14.3. The Bertz CT molecular complexity index is 977. The van der Waals surface area contributed by atoms with Crippen LogP contribution in [0.15, 0.2) is 48.5 Å². The van der Waals surface area contributed by atoms with Crippen LogP contribution in [-0.2, 0) is 6.54 Å². The first-order chi connectivity index (χ1) is 12.9. The van der Waals surface area contributed by atoms with Gasteiger partial charge in [0.05, 0.1) is 5.69 Å². The molecular weight excluding hydrogens is 357 g/mol. The number of hydrogen-bond donors (Lipinski definition) is 2. The van der Waals surface area contributed by atoms with Crippen molar-refractivity contribution in [3.63, 3.8) is 0 Å². The summed E-state index contributed by atoms with van der Waals surface area (Å²) in [6, 6.07) is 10.2. The van der Waals surface area contributed by atoms with Gasteiger partial charge >= 0.3 is 0 Å². The summed E-state index contributed by atoms with van der Waals surface area (Å²) in [7, 11) is 0. The van der Waals surface area contributed by atoms with Crippen LogP contribution in [0.5, 0.6) is 0 Å². The van der Waals surface area contributed by atoms with Gasteiger partial charge in [0.15, 0.2) is 0 Å². The zero-order chi connectivity index (χ0) is 19.4. The Morgan fingerprint density at radius 2 is 1.67 bits per heavy atom. The molecule has 3 aromatic rings. The number of benzene rings is 2. The molecule has 1 heterocycles. The van der Waals surface area contributed by atoms with E-state index in [1.807, 2.05) is 0 Å². The smallest absolute Gasteiger partial charge is 0.274 e. The molecule has 27 heavy (non-hydrogen) atoms. The Labute approximate surface area is 153 Å². The molecule has 8 heteroatoms. The molecule has 0 aliphatic carbocycles. The zero-order valence-corrected chi connectivity index (χ0v) is 14.3. The fourth-order valence-corrected chi connectivity index (χ4v) is 2.35. The number of hydrogen-bond acceptors (Lipinski definition) is 4. The first-order valence-corrected chi connectivity index (χ1v) is 8.01. The van der Waals surface area contributed by atoms with Crippen molar-refractivity contribution in [2.45, 2.75) is 13.5 Å². The maximum absolute atomic E-state index is 13.7. The van der Waals surface area contributed by atoms with Gasteiger partial charge in [0.2, 0.25) is 0 Å². The normalized spacial score (nSPS) is 10.5. The van der Waals surface area contributed by atoms with Crippen molar-refractivity contribution in [1.29, 1.82) is 0 Å². The van der Waals surface area contributed by atoms with Gasteiger partial charge in [-0.25, -0.2) is 23.1 Å². The molecule has 0 aliphatic rings. The van der Waals surface area contributed by atoms with Gasteiger partial charge in [-0.05, 0) is 36.8 Å². The van der Waals surface area contributed by atoms with Crippen molar-refractivity contribution in [3.05, 3.63) is 83.1 Å². The van der Waals surface area contributed by atoms with Crippen LogP contribution in [-0.4, -0.2) is 15.9 Å². The summed E-state index contributed by atoms with van der Waals surface area (Å²) >= 11 is 0. The highest BCUT2D eigenvalue weighted by Crippen LogP contribution is 2.17. The molecule has 0 unspecified atom stereocenters. The molecular formula is C19H15F3N4O. The predicted molar refractivity (Wildman–Crippen MR) is 94.8 cm³/mol. The molecule has 1 amide bonds. The maximum atomic E-state index is 13.7. The van der Waals surface area contributed by atoms with Crippen molar-refractivity contribution in [1.82, 2.24) is 9.97 Å². The fraction of sp³-hybridized carbons (Fsp3) is 0.105. The number of carbonyl (C=O) groups excluding carboxylic acids is 1. The van der Waals surface area contributed by atoms with E-state index in [4.69, 9.17) is 0 Å². The minimum absolute atomic E-state index is 0.0211. The number of aryl methyl sites for hydroxylation is 1. The number of nitrogens with zero attached hydrogens (tertiary/aromatic N) is 2. The van der Waals surface area contributed by atoms with E-state index in [-0.39, 0.29) is 17.2 Å². The number of halogens is 3. The number of nitrogens with one attached hydrogen (secondary N) is 2. The van der Waals surface area contributed by atoms with E-state index in [0.29, 0.717) is 24.3 Å². The number of amides is 1. The molecule has 0 atom stereocenters. The molecule has 0 spiro atoms. The van der Waals surface area contributed by atoms with E-state index in [1.165, 1.54) is 18.2 Å². The van der Waals surface area contributed by atoms with Crippen LogP contribution < -0.4 is 10.6 Å². The van der Waals surface area contributed by atoms with E-state index in [1.54, 1.807) is 19.1 Å². The molecule has 138 valence electrons. The Hall–Kier alpha value is -3.42. The third-order valence-corrected chi connectivity index (χ3v) is 3.64. The van der Waals surface area contributed by atoms with Gasteiger partial charge in [-0.15, -0.1) is 0 Å². The van der Waals surface area contributed by atoms with Crippen molar-refractivity contribution in [3.8, 4) is 0 Å². The second-order valence-corrected chi connectivity index (χ2v) is 5.74. The van der Waals surface area contributed by atoms with Crippen LogP contribution in [0.1, 0.15) is 21.9 Å². The van der Waals surface area contributed by atoms with Gasteiger partial charge < -0.3 is 10.6 Å². The molecule has 2 N–H and O–H groups in total. The Morgan fingerprint density at radius 3 is 2.37 bits per heavy atom. The molecule has 0 fully saturated rings. The molecule has 0 radical (unpaired) electrons. The van der Waals surface area contributed by atoms with Crippen molar-refractivity contribution in [2.75, 3.05) is 10.6 Å². The van der Waals surface area contributed by atoms with Crippen molar-refractivity contribution < 1.29 is 18.0 Å². The van der Waals surface area contributed by atoms with Crippen LogP contribution in [0.2, 0.25) is 0 Å². The lowest BCUT2D eigenvalue weighted by Crippen LogP contribution is -2.16. The summed E-state index contributed by atoms with van der Waals surface area (Å²) in [5, 5.41) is 5.37. The summed E-state index contributed by atoms with van der Waals surface area (Å²) in [4.78, 5) is 20.6. The van der Waals surface area contributed by atoms with Gasteiger partial charge in [0.1, 0.15) is 34.8 Å². The standard InChI is InChI=1S/C19H15F3N4O/c1-11-24-17(19(27)26-16-7-6-14(21)8-15(16)22)9-18(25-11)23-10-12-2-4-13(20)5-3-12/h2-9H,10H2,1H3,(H,26,27)(H,23,24,25). The summed E-state index contributed by atoms with van der Waals surface area (Å²) in [5.74, 6) is -1.89. The molecule has 0 bridgehead atoms. The molecule has 0 aliphatic heterocycles. The number of aromatic nitrogens is 2. The van der Waals surface area contributed by atoms with Crippen molar-refractivity contribution in [2.24, 2.45) is 0 Å². The second kappa shape index (κ2) is 7.86. The van der Waals surface area contributed by atoms with Gasteiger partial charge in [0.25, 0.3) is 5.91 Å². The summed E-state index contributed by atoms with van der Waals surface area (Å²) in [5.41, 5.74) is 0.693.